The number of rotatable bonds is 4. The fourth-order valence-electron chi connectivity index (χ4n) is 3.91. The second kappa shape index (κ2) is 11.2. The van der Waals surface area contributed by atoms with Crippen molar-refractivity contribution in [3.05, 3.63) is 34.6 Å². The number of guanidine groups is 1. The van der Waals surface area contributed by atoms with Gasteiger partial charge in [-0.15, -0.1) is 24.0 Å². The van der Waals surface area contributed by atoms with E-state index in [4.69, 9.17) is 11.6 Å². The molecule has 1 aliphatic carbocycles. The first kappa shape index (κ1) is 23.2. The fraction of sp³-hybridized carbons (Fsp3) is 0.600. The number of halogens is 3. The molecular weight excluding hydrogens is 494 g/mol. The van der Waals surface area contributed by atoms with Crippen molar-refractivity contribution < 1.29 is 9.18 Å². The molecule has 2 N–H and O–H groups in total. The third kappa shape index (κ3) is 6.20. The van der Waals surface area contributed by atoms with E-state index in [2.05, 4.69) is 15.6 Å². The minimum absolute atomic E-state index is 0. The van der Waals surface area contributed by atoms with Crippen molar-refractivity contribution >= 4 is 47.4 Å². The molecule has 0 aromatic heterocycles. The Bertz CT molecular complexity index is 697. The Hall–Kier alpha value is -1.09. The lowest BCUT2D eigenvalue weighted by atomic mass is 9.88. The number of nitrogens with zero attached hydrogens (tertiary/aromatic N) is 2. The van der Waals surface area contributed by atoms with Gasteiger partial charge in [0.15, 0.2) is 5.96 Å². The van der Waals surface area contributed by atoms with Crippen molar-refractivity contribution in [1.82, 2.24) is 15.5 Å². The maximum absolute atomic E-state index is 13.3. The van der Waals surface area contributed by atoms with E-state index in [0.29, 0.717) is 18.4 Å². The molecule has 1 aliphatic heterocycles. The predicted octanol–water partition coefficient (Wildman–Crippen LogP) is 3.94. The number of carbonyl (C=O) groups is 1. The number of benzene rings is 1. The zero-order chi connectivity index (χ0) is 19.2. The lowest BCUT2D eigenvalue weighted by Crippen LogP contribution is -2.45. The summed E-state index contributed by atoms with van der Waals surface area (Å²) in [6.07, 6.45) is 6.61. The zero-order valence-electron chi connectivity index (χ0n) is 16.2. The molecule has 0 bridgehead atoms. The first-order valence-corrected chi connectivity index (χ1v) is 10.1. The number of carbonyl (C=O) groups excluding carboxylic acids is 1. The highest BCUT2D eigenvalue weighted by atomic mass is 127. The van der Waals surface area contributed by atoms with Crippen molar-refractivity contribution in [2.75, 3.05) is 20.1 Å². The topological polar surface area (TPSA) is 56.7 Å². The Morgan fingerprint density at radius 1 is 1.29 bits per heavy atom. The van der Waals surface area contributed by atoms with Gasteiger partial charge in [0.2, 0.25) is 5.91 Å². The molecule has 1 aromatic rings. The quantitative estimate of drug-likeness (QED) is 0.358. The zero-order valence-corrected chi connectivity index (χ0v) is 19.3. The molecule has 1 heterocycles. The average Bonchev–Trinajstić information content (AvgIpc) is 3.16. The van der Waals surface area contributed by atoms with E-state index in [1.165, 1.54) is 25.3 Å². The minimum Gasteiger partial charge on any atom is -0.352 e. The van der Waals surface area contributed by atoms with Gasteiger partial charge in [-0.1, -0.05) is 36.9 Å². The second-order valence-electron chi connectivity index (χ2n) is 7.42. The van der Waals surface area contributed by atoms with Crippen LogP contribution < -0.4 is 10.6 Å². The summed E-state index contributed by atoms with van der Waals surface area (Å²) in [5.41, 5.74) is 0.880. The van der Waals surface area contributed by atoms with Crippen molar-refractivity contribution in [3.8, 4) is 0 Å². The van der Waals surface area contributed by atoms with Gasteiger partial charge in [0, 0.05) is 38.6 Å². The van der Waals surface area contributed by atoms with E-state index in [1.807, 2.05) is 4.90 Å². The highest BCUT2D eigenvalue weighted by Gasteiger charge is 2.31. The van der Waals surface area contributed by atoms with E-state index >= 15 is 0 Å². The van der Waals surface area contributed by atoms with Crippen LogP contribution in [0.2, 0.25) is 5.02 Å². The molecule has 2 fully saturated rings. The molecule has 1 atom stereocenters. The van der Waals surface area contributed by atoms with Crippen LogP contribution in [0.4, 0.5) is 4.39 Å². The summed E-state index contributed by atoms with van der Waals surface area (Å²) < 4.78 is 13.3. The average molecular weight is 523 g/mol. The largest absolute Gasteiger partial charge is 0.352 e. The van der Waals surface area contributed by atoms with Gasteiger partial charge in [-0.05, 0) is 37.0 Å². The molecule has 0 radical (unpaired) electrons. The van der Waals surface area contributed by atoms with Crippen molar-refractivity contribution in [3.63, 3.8) is 0 Å². The van der Waals surface area contributed by atoms with E-state index in [-0.39, 0.29) is 41.0 Å². The third-order valence-electron chi connectivity index (χ3n) is 5.46. The van der Waals surface area contributed by atoms with Gasteiger partial charge in [-0.3, -0.25) is 9.79 Å². The molecular formula is C20H29ClFIN4O. The van der Waals surface area contributed by atoms with Crippen LogP contribution in [0.25, 0.3) is 0 Å². The predicted molar refractivity (Wildman–Crippen MR) is 122 cm³/mol. The third-order valence-corrected chi connectivity index (χ3v) is 5.75. The van der Waals surface area contributed by atoms with Crippen LogP contribution in [0.3, 0.4) is 0 Å². The summed E-state index contributed by atoms with van der Waals surface area (Å²) in [5.74, 6) is 0.796. The molecule has 8 heteroatoms. The number of hydrogen-bond acceptors (Lipinski definition) is 2. The SMILES string of the molecule is CN=C(NCc1ccc(F)c(Cl)c1)NC1CCN(C(=O)C2CCCCC2)C1.I. The summed E-state index contributed by atoms with van der Waals surface area (Å²) in [6.45, 7) is 2.02. The maximum Gasteiger partial charge on any atom is 0.225 e. The molecule has 1 saturated carbocycles. The van der Waals surface area contributed by atoms with Gasteiger partial charge >= 0.3 is 0 Å². The number of hydrogen-bond donors (Lipinski definition) is 2. The minimum atomic E-state index is -0.420. The second-order valence-corrected chi connectivity index (χ2v) is 7.83. The van der Waals surface area contributed by atoms with E-state index < -0.39 is 5.82 Å². The van der Waals surface area contributed by atoms with Crippen LogP contribution in [-0.4, -0.2) is 42.9 Å². The first-order valence-electron chi connectivity index (χ1n) is 9.76. The highest BCUT2D eigenvalue weighted by molar-refractivity contribution is 14.0. The smallest absolute Gasteiger partial charge is 0.225 e. The van der Waals surface area contributed by atoms with Gasteiger partial charge in [-0.2, -0.15) is 0 Å². The number of aliphatic imine (C=N–C) groups is 1. The number of amides is 1. The molecule has 2 aliphatic rings. The molecule has 1 unspecified atom stereocenters. The first-order chi connectivity index (χ1) is 13.1. The lowest BCUT2D eigenvalue weighted by Gasteiger charge is -2.26. The fourth-order valence-corrected chi connectivity index (χ4v) is 4.11. The molecule has 1 aromatic carbocycles. The Labute approximate surface area is 188 Å². The summed E-state index contributed by atoms with van der Waals surface area (Å²) in [6, 6.07) is 4.86. The van der Waals surface area contributed by atoms with E-state index in [0.717, 1.165) is 37.9 Å². The Morgan fingerprint density at radius 2 is 2.04 bits per heavy atom. The molecule has 1 saturated heterocycles. The van der Waals surface area contributed by atoms with Crippen LogP contribution in [-0.2, 0) is 11.3 Å². The van der Waals surface area contributed by atoms with Crippen molar-refractivity contribution in [2.24, 2.45) is 10.9 Å². The molecule has 156 valence electrons. The highest BCUT2D eigenvalue weighted by Crippen LogP contribution is 2.26. The van der Waals surface area contributed by atoms with E-state index in [1.54, 1.807) is 19.2 Å². The molecule has 3 rings (SSSR count). The van der Waals surface area contributed by atoms with Crippen LogP contribution >= 0.6 is 35.6 Å². The van der Waals surface area contributed by atoms with Crippen molar-refractivity contribution in [1.29, 1.82) is 0 Å². The maximum atomic E-state index is 13.3. The lowest BCUT2D eigenvalue weighted by molar-refractivity contribution is -0.135. The van der Waals surface area contributed by atoms with Crippen LogP contribution in [0.15, 0.2) is 23.2 Å². The van der Waals surface area contributed by atoms with E-state index in [9.17, 15) is 9.18 Å². The molecule has 1 amide bonds. The Kier molecular flexibility index (Phi) is 9.27. The summed E-state index contributed by atoms with van der Waals surface area (Å²) >= 11 is 5.82. The van der Waals surface area contributed by atoms with Gasteiger partial charge in [0.05, 0.1) is 5.02 Å². The standard InChI is InChI=1S/C20H28ClFN4O.HI/c1-23-20(24-12-14-7-8-18(22)17(21)11-14)25-16-9-10-26(13-16)19(27)15-5-3-2-4-6-15;/h7-8,11,15-16H,2-6,9-10,12-13H2,1H3,(H2,23,24,25);1H. The van der Waals surface area contributed by atoms with Crippen LogP contribution in [0.1, 0.15) is 44.1 Å². The monoisotopic (exact) mass is 522 g/mol. The van der Waals surface area contributed by atoms with Crippen LogP contribution in [0.5, 0.6) is 0 Å². The summed E-state index contributed by atoms with van der Waals surface area (Å²) in [5, 5.41) is 6.72. The van der Waals surface area contributed by atoms with Gasteiger partial charge < -0.3 is 15.5 Å². The normalized spacial score (nSPS) is 20.6. The summed E-state index contributed by atoms with van der Waals surface area (Å²) in [4.78, 5) is 18.9. The van der Waals surface area contributed by atoms with Gasteiger partial charge in [-0.25, -0.2) is 4.39 Å². The summed E-state index contributed by atoms with van der Waals surface area (Å²) in [7, 11) is 1.72. The van der Waals surface area contributed by atoms with Gasteiger partial charge in [0.1, 0.15) is 5.82 Å². The molecule has 0 spiro atoms. The Morgan fingerprint density at radius 3 is 2.71 bits per heavy atom. The van der Waals surface area contributed by atoms with Crippen molar-refractivity contribution in [2.45, 2.75) is 51.1 Å². The molecule has 28 heavy (non-hydrogen) atoms. The van der Waals surface area contributed by atoms with Crippen LogP contribution in [0, 0.1) is 11.7 Å². The van der Waals surface area contributed by atoms with Gasteiger partial charge in [0.25, 0.3) is 0 Å². The number of nitrogens with one attached hydrogen (secondary N) is 2. The molecule has 5 nitrogen and oxygen atoms in total. The number of likely N-dealkylation sites (tertiary alicyclic amines) is 1. The Balaban J connectivity index is 0.00000280.